The minimum absolute atomic E-state index is 0. The highest BCUT2D eigenvalue weighted by atomic mass is 79.9. The van der Waals surface area contributed by atoms with E-state index in [0.717, 1.165) is 11.3 Å². The Bertz CT molecular complexity index is 398. The second-order valence-electron chi connectivity index (χ2n) is 2.95. The Kier molecular flexibility index (Phi) is 3.72. The Morgan fingerprint density at radius 1 is 0.714 bits per heavy atom. The van der Waals surface area contributed by atoms with Crippen LogP contribution >= 0.6 is 17.0 Å². The van der Waals surface area contributed by atoms with Crippen molar-refractivity contribution in [2.75, 3.05) is 5.73 Å². The third kappa shape index (κ3) is 2.15. The van der Waals surface area contributed by atoms with Crippen LogP contribution in [-0.4, -0.2) is 0 Å². The SMILES string of the molecule is Br.Nc1ccccc1-c1ccccc1. The summed E-state index contributed by atoms with van der Waals surface area (Å²) in [4.78, 5) is 0. The molecule has 0 aliphatic rings. The van der Waals surface area contributed by atoms with Gasteiger partial charge in [0, 0.05) is 11.3 Å². The van der Waals surface area contributed by atoms with Gasteiger partial charge in [0.25, 0.3) is 0 Å². The van der Waals surface area contributed by atoms with Crippen LogP contribution in [0.25, 0.3) is 11.1 Å². The molecule has 0 atom stereocenters. The summed E-state index contributed by atoms with van der Waals surface area (Å²) in [6.07, 6.45) is 0. The maximum atomic E-state index is 5.85. The van der Waals surface area contributed by atoms with E-state index in [1.165, 1.54) is 5.56 Å². The van der Waals surface area contributed by atoms with Crippen molar-refractivity contribution in [3.8, 4) is 11.1 Å². The van der Waals surface area contributed by atoms with E-state index in [9.17, 15) is 0 Å². The Morgan fingerprint density at radius 2 is 1.29 bits per heavy atom. The van der Waals surface area contributed by atoms with E-state index in [0.29, 0.717) is 0 Å². The minimum atomic E-state index is 0. The van der Waals surface area contributed by atoms with E-state index >= 15 is 0 Å². The van der Waals surface area contributed by atoms with Crippen LogP contribution in [0.4, 0.5) is 5.69 Å². The molecule has 2 rings (SSSR count). The van der Waals surface area contributed by atoms with Crippen molar-refractivity contribution in [3.63, 3.8) is 0 Å². The zero-order valence-electron chi connectivity index (χ0n) is 7.68. The molecule has 0 aliphatic heterocycles. The van der Waals surface area contributed by atoms with Crippen molar-refractivity contribution < 1.29 is 0 Å². The van der Waals surface area contributed by atoms with Gasteiger partial charge in [-0.25, -0.2) is 0 Å². The summed E-state index contributed by atoms with van der Waals surface area (Å²) >= 11 is 0. The lowest BCUT2D eigenvalue weighted by atomic mass is 10.0. The predicted octanol–water partition coefficient (Wildman–Crippen LogP) is 3.51. The highest BCUT2D eigenvalue weighted by Gasteiger charge is 1.98. The summed E-state index contributed by atoms with van der Waals surface area (Å²) < 4.78 is 0. The number of nitrogen functional groups attached to an aromatic ring is 1. The first-order valence-electron chi connectivity index (χ1n) is 4.28. The van der Waals surface area contributed by atoms with Crippen LogP contribution in [0.1, 0.15) is 0 Å². The molecule has 0 aromatic heterocycles. The highest BCUT2D eigenvalue weighted by Crippen LogP contribution is 2.24. The van der Waals surface area contributed by atoms with Crippen molar-refractivity contribution >= 4 is 22.7 Å². The van der Waals surface area contributed by atoms with E-state index in [4.69, 9.17) is 5.73 Å². The summed E-state index contributed by atoms with van der Waals surface area (Å²) in [5.74, 6) is 0. The Morgan fingerprint density at radius 3 is 1.93 bits per heavy atom. The Balaban J connectivity index is 0.000000980. The number of para-hydroxylation sites is 1. The zero-order valence-corrected chi connectivity index (χ0v) is 9.39. The first-order chi connectivity index (χ1) is 6.38. The first-order valence-corrected chi connectivity index (χ1v) is 4.28. The van der Waals surface area contributed by atoms with Gasteiger partial charge in [0.05, 0.1) is 0 Å². The van der Waals surface area contributed by atoms with Crippen molar-refractivity contribution in [2.24, 2.45) is 0 Å². The lowest BCUT2D eigenvalue weighted by Crippen LogP contribution is -1.88. The van der Waals surface area contributed by atoms with E-state index in [-0.39, 0.29) is 17.0 Å². The number of hydrogen-bond donors (Lipinski definition) is 1. The second kappa shape index (κ2) is 4.82. The van der Waals surface area contributed by atoms with Crippen LogP contribution in [0.15, 0.2) is 54.6 Å². The predicted molar refractivity (Wildman–Crippen MR) is 66.6 cm³/mol. The zero-order chi connectivity index (χ0) is 9.10. The summed E-state index contributed by atoms with van der Waals surface area (Å²) in [5.41, 5.74) is 8.95. The third-order valence-corrected chi connectivity index (χ3v) is 2.05. The molecule has 0 heterocycles. The molecule has 0 fully saturated rings. The fraction of sp³-hybridized carbons (Fsp3) is 0. The molecule has 0 amide bonds. The van der Waals surface area contributed by atoms with Crippen LogP contribution in [-0.2, 0) is 0 Å². The minimum Gasteiger partial charge on any atom is -0.398 e. The molecule has 2 heteroatoms. The van der Waals surface area contributed by atoms with Crippen molar-refractivity contribution in [1.82, 2.24) is 0 Å². The van der Waals surface area contributed by atoms with E-state index in [1.807, 2.05) is 42.5 Å². The first kappa shape index (κ1) is 10.8. The molecule has 2 aromatic rings. The number of rotatable bonds is 1. The van der Waals surface area contributed by atoms with Crippen LogP contribution in [0.3, 0.4) is 0 Å². The molecule has 1 nitrogen and oxygen atoms in total. The van der Waals surface area contributed by atoms with Gasteiger partial charge in [0.1, 0.15) is 0 Å². The largest absolute Gasteiger partial charge is 0.398 e. The maximum absolute atomic E-state index is 5.85. The van der Waals surface area contributed by atoms with Crippen molar-refractivity contribution in [3.05, 3.63) is 54.6 Å². The van der Waals surface area contributed by atoms with Crippen molar-refractivity contribution in [2.45, 2.75) is 0 Å². The van der Waals surface area contributed by atoms with Gasteiger partial charge in [0.2, 0.25) is 0 Å². The molecule has 2 N–H and O–H groups in total. The molecule has 14 heavy (non-hydrogen) atoms. The topological polar surface area (TPSA) is 26.0 Å². The smallest absolute Gasteiger partial charge is 0.0393 e. The molecule has 0 saturated carbocycles. The molecule has 72 valence electrons. The van der Waals surface area contributed by atoms with Crippen LogP contribution in [0, 0.1) is 0 Å². The lowest BCUT2D eigenvalue weighted by Gasteiger charge is -2.03. The van der Waals surface area contributed by atoms with Gasteiger partial charge in [-0.15, -0.1) is 17.0 Å². The monoisotopic (exact) mass is 249 g/mol. The number of benzene rings is 2. The van der Waals surface area contributed by atoms with E-state index in [1.54, 1.807) is 0 Å². The fourth-order valence-corrected chi connectivity index (χ4v) is 1.38. The molecular formula is C12H12BrN. The number of nitrogens with two attached hydrogens (primary N) is 1. The molecule has 2 aromatic carbocycles. The molecule has 0 saturated heterocycles. The molecule has 0 spiro atoms. The van der Waals surface area contributed by atoms with Crippen LogP contribution in [0.5, 0.6) is 0 Å². The average molecular weight is 250 g/mol. The summed E-state index contributed by atoms with van der Waals surface area (Å²) in [6.45, 7) is 0. The highest BCUT2D eigenvalue weighted by molar-refractivity contribution is 8.93. The molecule has 0 unspecified atom stereocenters. The van der Waals surface area contributed by atoms with Gasteiger partial charge in [-0.3, -0.25) is 0 Å². The van der Waals surface area contributed by atoms with Crippen molar-refractivity contribution in [1.29, 1.82) is 0 Å². The van der Waals surface area contributed by atoms with Gasteiger partial charge in [-0.2, -0.15) is 0 Å². The summed E-state index contributed by atoms with van der Waals surface area (Å²) in [7, 11) is 0. The van der Waals surface area contributed by atoms with Gasteiger partial charge < -0.3 is 5.73 Å². The van der Waals surface area contributed by atoms with Gasteiger partial charge >= 0.3 is 0 Å². The molecule has 0 bridgehead atoms. The maximum Gasteiger partial charge on any atom is 0.0393 e. The van der Waals surface area contributed by atoms with Crippen LogP contribution < -0.4 is 5.73 Å². The summed E-state index contributed by atoms with van der Waals surface area (Å²) in [5, 5.41) is 0. The van der Waals surface area contributed by atoms with Gasteiger partial charge in [0.15, 0.2) is 0 Å². The van der Waals surface area contributed by atoms with Gasteiger partial charge in [-0.1, -0.05) is 48.5 Å². The number of halogens is 1. The molecular weight excluding hydrogens is 238 g/mol. The molecule has 0 radical (unpaired) electrons. The third-order valence-electron chi connectivity index (χ3n) is 2.05. The second-order valence-corrected chi connectivity index (χ2v) is 2.95. The number of anilines is 1. The lowest BCUT2D eigenvalue weighted by molar-refractivity contribution is 1.61. The van der Waals surface area contributed by atoms with E-state index < -0.39 is 0 Å². The average Bonchev–Trinajstić information content (AvgIpc) is 2.20. The van der Waals surface area contributed by atoms with E-state index in [2.05, 4.69) is 12.1 Å². The van der Waals surface area contributed by atoms with Gasteiger partial charge in [-0.05, 0) is 11.6 Å². The Hall–Kier alpha value is -1.28. The standard InChI is InChI=1S/C12H11N.BrH/c13-12-9-5-4-8-11(12)10-6-2-1-3-7-10;/h1-9H,13H2;1H. The quantitative estimate of drug-likeness (QED) is 0.770. The van der Waals surface area contributed by atoms with Crippen LogP contribution in [0.2, 0.25) is 0 Å². The normalized spacial score (nSPS) is 9.14. The Labute approximate surface area is 94.3 Å². The molecule has 0 aliphatic carbocycles. The summed E-state index contributed by atoms with van der Waals surface area (Å²) in [6, 6.07) is 18.1. The fourth-order valence-electron chi connectivity index (χ4n) is 1.38. The number of hydrogen-bond acceptors (Lipinski definition) is 1.